The van der Waals surface area contributed by atoms with Gasteiger partial charge in [0.15, 0.2) is 0 Å². The van der Waals surface area contributed by atoms with Crippen LogP contribution in [0.5, 0.6) is 0 Å². The second kappa shape index (κ2) is 4.27. The smallest absolute Gasteiger partial charge is 0.303 e. The van der Waals surface area contributed by atoms with E-state index in [1.54, 1.807) is 0 Å². The molecule has 2 fully saturated rings. The summed E-state index contributed by atoms with van der Waals surface area (Å²) in [5, 5.41) is 12.3. The summed E-state index contributed by atoms with van der Waals surface area (Å²) < 4.78 is 0. The van der Waals surface area contributed by atoms with E-state index in [1.807, 2.05) is 0 Å². The Labute approximate surface area is 104 Å². The van der Waals surface area contributed by atoms with E-state index in [0.29, 0.717) is 16.9 Å². The highest BCUT2D eigenvalue weighted by Crippen LogP contribution is 2.62. The van der Waals surface area contributed by atoms with Crippen molar-refractivity contribution in [2.24, 2.45) is 16.7 Å². The number of carboxylic acid groups (broad SMARTS) is 1. The highest BCUT2D eigenvalue weighted by molar-refractivity contribution is 5.66. The third-order valence-corrected chi connectivity index (χ3v) is 5.19. The zero-order chi connectivity index (χ0) is 12.7. The molecular formula is C14H25NO2. The van der Waals surface area contributed by atoms with Crippen LogP contribution in [0.3, 0.4) is 0 Å². The first kappa shape index (κ1) is 12.9. The summed E-state index contributed by atoms with van der Waals surface area (Å²) >= 11 is 0. The molecule has 0 radical (unpaired) electrons. The van der Waals surface area contributed by atoms with Gasteiger partial charge >= 0.3 is 5.97 Å². The Bertz CT molecular complexity index is 309. The van der Waals surface area contributed by atoms with Crippen molar-refractivity contribution in [1.82, 2.24) is 5.32 Å². The summed E-state index contributed by atoms with van der Waals surface area (Å²) in [5.41, 5.74) is 0.813. The second-order valence-corrected chi connectivity index (χ2v) is 6.80. The normalized spacial score (nSPS) is 38.5. The first-order chi connectivity index (χ1) is 7.86. The lowest BCUT2D eigenvalue weighted by atomic mass is 9.68. The van der Waals surface area contributed by atoms with Crippen LogP contribution in [-0.4, -0.2) is 23.7 Å². The van der Waals surface area contributed by atoms with Crippen LogP contribution in [-0.2, 0) is 4.79 Å². The van der Waals surface area contributed by atoms with Crippen molar-refractivity contribution in [3.63, 3.8) is 0 Å². The lowest BCUT2D eigenvalue weighted by Crippen LogP contribution is -2.50. The minimum Gasteiger partial charge on any atom is -0.481 e. The lowest BCUT2D eigenvalue weighted by molar-refractivity contribution is -0.137. The number of carbonyl (C=O) groups is 1. The van der Waals surface area contributed by atoms with E-state index in [4.69, 9.17) is 5.11 Å². The quantitative estimate of drug-likeness (QED) is 0.725. The Kier molecular flexibility index (Phi) is 3.23. The number of rotatable bonds is 5. The predicted octanol–water partition coefficient (Wildman–Crippen LogP) is 2.66. The van der Waals surface area contributed by atoms with Gasteiger partial charge in [-0.1, -0.05) is 20.8 Å². The average Bonchev–Trinajstić information content (AvgIpc) is 2.67. The summed E-state index contributed by atoms with van der Waals surface area (Å²) in [7, 11) is 0. The van der Waals surface area contributed by atoms with Crippen LogP contribution >= 0.6 is 0 Å². The molecule has 0 aliphatic heterocycles. The van der Waals surface area contributed by atoms with Gasteiger partial charge in [-0.05, 0) is 49.0 Å². The molecule has 0 amide bonds. The molecule has 0 spiro atoms. The molecule has 0 aromatic rings. The van der Waals surface area contributed by atoms with E-state index < -0.39 is 5.97 Å². The van der Waals surface area contributed by atoms with Crippen molar-refractivity contribution in [2.75, 3.05) is 6.54 Å². The van der Waals surface area contributed by atoms with Gasteiger partial charge in [0.25, 0.3) is 0 Å². The largest absolute Gasteiger partial charge is 0.481 e. The highest BCUT2D eigenvalue weighted by Gasteiger charge is 2.58. The van der Waals surface area contributed by atoms with Gasteiger partial charge in [0.05, 0.1) is 0 Å². The number of carboxylic acids is 1. The maximum absolute atomic E-state index is 10.5. The van der Waals surface area contributed by atoms with Crippen molar-refractivity contribution in [2.45, 2.75) is 58.9 Å². The molecule has 1 unspecified atom stereocenters. The maximum Gasteiger partial charge on any atom is 0.303 e. The fraction of sp³-hybridized carbons (Fsp3) is 0.929. The summed E-state index contributed by atoms with van der Waals surface area (Å²) in [6, 6.07) is 0.558. The van der Waals surface area contributed by atoms with Crippen molar-refractivity contribution in [3.05, 3.63) is 0 Å². The molecule has 2 N–H and O–H groups in total. The van der Waals surface area contributed by atoms with Crippen LogP contribution < -0.4 is 5.32 Å². The Balaban J connectivity index is 1.89. The van der Waals surface area contributed by atoms with E-state index in [9.17, 15) is 4.79 Å². The third kappa shape index (κ3) is 2.22. The van der Waals surface area contributed by atoms with Crippen molar-refractivity contribution < 1.29 is 9.90 Å². The molecule has 2 aliphatic carbocycles. The van der Waals surface area contributed by atoms with E-state index in [-0.39, 0.29) is 6.42 Å². The van der Waals surface area contributed by atoms with Crippen molar-refractivity contribution in [3.8, 4) is 0 Å². The van der Waals surface area contributed by atoms with Gasteiger partial charge in [-0.25, -0.2) is 0 Å². The Morgan fingerprint density at radius 2 is 2.12 bits per heavy atom. The molecule has 3 heteroatoms. The van der Waals surface area contributed by atoms with Gasteiger partial charge in [-0.2, -0.15) is 0 Å². The molecular weight excluding hydrogens is 214 g/mol. The highest BCUT2D eigenvalue weighted by atomic mass is 16.4. The molecule has 2 rings (SSSR count). The topological polar surface area (TPSA) is 49.3 Å². The average molecular weight is 239 g/mol. The SMILES string of the molecule is CC1(C)C(NCCCC(=O)O)[C@]2(C)CC[C@H]1C2. The van der Waals surface area contributed by atoms with E-state index in [0.717, 1.165) is 18.9 Å². The van der Waals surface area contributed by atoms with Gasteiger partial charge in [0.2, 0.25) is 0 Å². The third-order valence-electron chi connectivity index (χ3n) is 5.19. The molecule has 3 atom stereocenters. The molecule has 0 heterocycles. The number of hydrogen-bond donors (Lipinski definition) is 2. The summed E-state index contributed by atoms with van der Waals surface area (Å²) in [5.74, 6) is 0.162. The first-order valence-corrected chi connectivity index (χ1v) is 6.81. The number of fused-ring (bicyclic) bond motifs is 2. The zero-order valence-electron chi connectivity index (χ0n) is 11.3. The van der Waals surface area contributed by atoms with Crippen LogP contribution in [0.25, 0.3) is 0 Å². The Morgan fingerprint density at radius 1 is 1.41 bits per heavy atom. The molecule has 2 bridgehead atoms. The van der Waals surface area contributed by atoms with Crippen LogP contribution in [0.1, 0.15) is 52.9 Å². The first-order valence-electron chi connectivity index (χ1n) is 6.81. The minimum absolute atomic E-state index is 0.278. The van der Waals surface area contributed by atoms with Crippen molar-refractivity contribution >= 4 is 5.97 Å². The summed E-state index contributed by atoms with van der Waals surface area (Å²) in [6.07, 6.45) is 5.06. The predicted molar refractivity (Wildman–Crippen MR) is 67.9 cm³/mol. The Hall–Kier alpha value is -0.570. The minimum atomic E-state index is -0.690. The summed E-state index contributed by atoms with van der Waals surface area (Å²) in [6.45, 7) is 7.98. The molecule has 0 aromatic carbocycles. The number of hydrogen-bond acceptors (Lipinski definition) is 2. The molecule has 0 saturated heterocycles. The number of nitrogens with one attached hydrogen (secondary N) is 1. The van der Waals surface area contributed by atoms with Gasteiger partial charge < -0.3 is 10.4 Å². The van der Waals surface area contributed by atoms with E-state index in [1.165, 1.54) is 19.3 Å². The molecule has 2 saturated carbocycles. The molecule has 17 heavy (non-hydrogen) atoms. The van der Waals surface area contributed by atoms with E-state index >= 15 is 0 Å². The Morgan fingerprint density at radius 3 is 2.65 bits per heavy atom. The summed E-state index contributed by atoms with van der Waals surface area (Å²) in [4.78, 5) is 10.5. The monoisotopic (exact) mass is 239 g/mol. The van der Waals surface area contributed by atoms with Gasteiger partial charge in [-0.15, -0.1) is 0 Å². The standard InChI is InChI=1S/C14H25NO2/c1-13(2)10-6-7-14(3,9-10)12(13)15-8-4-5-11(16)17/h10,12,15H,4-9H2,1-3H3,(H,16,17)/t10-,12?,14+/m0/s1. The fourth-order valence-electron chi connectivity index (χ4n) is 4.30. The fourth-order valence-corrected chi connectivity index (χ4v) is 4.30. The van der Waals surface area contributed by atoms with Gasteiger partial charge in [-0.3, -0.25) is 4.79 Å². The van der Waals surface area contributed by atoms with Gasteiger partial charge in [0.1, 0.15) is 0 Å². The van der Waals surface area contributed by atoms with Crippen LogP contribution in [0.4, 0.5) is 0 Å². The van der Waals surface area contributed by atoms with E-state index in [2.05, 4.69) is 26.1 Å². The van der Waals surface area contributed by atoms with Crippen LogP contribution in [0.15, 0.2) is 0 Å². The van der Waals surface area contributed by atoms with Gasteiger partial charge in [0, 0.05) is 12.5 Å². The molecule has 3 nitrogen and oxygen atoms in total. The lowest BCUT2D eigenvalue weighted by Gasteiger charge is -2.43. The molecule has 0 aromatic heterocycles. The van der Waals surface area contributed by atoms with Crippen LogP contribution in [0.2, 0.25) is 0 Å². The second-order valence-electron chi connectivity index (χ2n) is 6.80. The van der Waals surface area contributed by atoms with Crippen molar-refractivity contribution in [1.29, 1.82) is 0 Å². The number of aliphatic carboxylic acids is 1. The maximum atomic E-state index is 10.5. The zero-order valence-corrected chi connectivity index (χ0v) is 11.3. The molecule has 2 aliphatic rings. The van der Waals surface area contributed by atoms with Crippen LogP contribution in [0, 0.1) is 16.7 Å². The molecule has 98 valence electrons.